The van der Waals surface area contributed by atoms with Crippen LogP contribution in [-0.4, -0.2) is 15.5 Å². The van der Waals surface area contributed by atoms with Crippen LogP contribution in [0.2, 0.25) is 0 Å². The molecule has 0 fully saturated rings. The summed E-state index contributed by atoms with van der Waals surface area (Å²) in [6, 6.07) is 18.8. The van der Waals surface area contributed by atoms with Gasteiger partial charge in [0.25, 0.3) is 10.0 Å². The van der Waals surface area contributed by atoms with E-state index in [1.54, 1.807) is 67.6 Å². The molecule has 4 nitrogen and oxygen atoms in total. The molecule has 0 saturated carbocycles. The molecule has 0 aromatic heterocycles. The summed E-state index contributed by atoms with van der Waals surface area (Å²) in [7, 11) is -2.39. The van der Waals surface area contributed by atoms with Crippen LogP contribution in [0.25, 0.3) is 0 Å². The number of hydrogen-bond acceptors (Lipinski definition) is 3. The summed E-state index contributed by atoms with van der Waals surface area (Å²) < 4.78 is 47.9. The summed E-state index contributed by atoms with van der Waals surface area (Å²) in [6.07, 6.45) is 0. The molecule has 0 spiro atoms. The predicted octanol–water partition coefficient (Wildman–Crippen LogP) is 5.10. The molecule has 1 unspecified atom stereocenters. The van der Waals surface area contributed by atoms with Crippen LogP contribution >= 0.6 is 0 Å². The van der Waals surface area contributed by atoms with E-state index in [-0.39, 0.29) is 4.90 Å². The second-order valence-electron chi connectivity index (χ2n) is 6.51. The smallest absolute Gasteiger partial charge is 0.264 e. The number of benzene rings is 3. The normalized spacial score (nSPS) is 12.4. The van der Waals surface area contributed by atoms with Crippen molar-refractivity contribution >= 4 is 15.7 Å². The van der Waals surface area contributed by atoms with Gasteiger partial charge >= 0.3 is 0 Å². The molecule has 0 aliphatic carbocycles. The van der Waals surface area contributed by atoms with Crippen LogP contribution in [0.15, 0.2) is 77.7 Å². The van der Waals surface area contributed by atoms with Gasteiger partial charge in [-0.1, -0.05) is 30.3 Å². The number of aryl methyl sites for hydroxylation is 1. The molecular formula is C22H22FNO3S. The molecule has 3 aromatic carbocycles. The molecule has 0 radical (unpaired) electrons. The number of rotatable bonds is 6. The van der Waals surface area contributed by atoms with Crippen molar-refractivity contribution in [1.29, 1.82) is 0 Å². The molecule has 0 N–H and O–H groups in total. The van der Waals surface area contributed by atoms with E-state index >= 15 is 0 Å². The second-order valence-corrected chi connectivity index (χ2v) is 8.33. The summed E-state index contributed by atoms with van der Waals surface area (Å²) >= 11 is 0. The fourth-order valence-electron chi connectivity index (χ4n) is 3.13. The van der Waals surface area contributed by atoms with E-state index in [4.69, 9.17) is 4.74 Å². The Balaban J connectivity index is 2.17. The van der Waals surface area contributed by atoms with Crippen molar-refractivity contribution in [2.75, 3.05) is 11.4 Å². The predicted molar refractivity (Wildman–Crippen MR) is 109 cm³/mol. The summed E-state index contributed by atoms with van der Waals surface area (Å²) in [6.45, 7) is 3.51. The summed E-state index contributed by atoms with van der Waals surface area (Å²) in [5, 5.41) is 0. The quantitative estimate of drug-likeness (QED) is 0.579. The Hall–Kier alpha value is -2.86. The standard InChI is InChI=1S/C22H22FNO3S/c1-16-7-6-8-20(15-16)28(25,26)24(18-11-13-19(27-3)14-12-18)17(2)21-9-4-5-10-22(21)23/h4-15,17H,1-3H3. The minimum absolute atomic E-state index is 0.159. The van der Waals surface area contributed by atoms with Crippen LogP contribution in [0, 0.1) is 12.7 Å². The maximum Gasteiger partial charge on any atom is 0.264 e. The Morgan fingerprint density at radius 1 is 0.964 bits per heavy atom. The van der Waals surface area contributed by atoms with Gasteiger partial charge in [0.2, 0.25) is 0 Å². The lowest BCUT2D eigenvalue weighted by molar-refractivity contribution is 0.415. The second kappa shape index (κ2) is 8.02. The van der Waals surface area contributed by atoms with Crippen molar-refractivity contribution in [2.24, 2.45) is 0 Å². The third-order valence-corrected chi connectivity index (χ3v) is 6.47. The highest BCUT2D eigenvalue weighted by molar-refractivity contribution is 7.92. The van der Waals surface area contributed by atoms with Crippen LogP contribution in [0.3, 0.4) is 0 Å². The Bertz CT molecular complexity index is 1070. The van der Waals surface area contributed by atoms with Gasteiger partial charge in [0.15, 0.2) is 0 Å². The van der Waals surface area contributed by atoms with Crippen LogP contribution in [0.5, 0.6) is 5.75 Å². The topological polar surface area (TPSA) is 46.6 Å². The fraction of sp³-hybridized carbons (Fsp3) is 0.182. The van der Waals surface area contributed by atoms with E-state index in [0.29, 0.717) is 17.0 Å². The van der Waals surface area contributed by atoms with Gasteiger partial charge in [0, 0.05) is 5.56 Å². The molecule has 0 heterocycles. The molecule has 0 saturated heterocycles. The zero-order valence-corrected chi connectivity index (χ0v) is 16.8. The van der Waals surface area contributed by atoms with Gasteiger partial charge in [-0.05, 0) is 61.9 Å². The molecule has 0 bridgehead atoms. The highest BCUT2D eigenvalue weighted by Crippen LogP contribution is 2.35. The van der Waals surface area contributed by atoms with Crippen molar-refractivity contribution in [3.05, 3.63) is 89.7 Å². The number of anilines is 1. The lowest BCUT2D eigenvalue weighted by atomic mass is 10.1. The molecule has 6 heteroatoms. The Kier molecular flexibility index (Phi) is 5.70. The number of sulfonamides is 1. The van der Waals surface area contributed by atoms with Crippen molar-refractivity contribution in [3.63, 3.8) is 0 Å². The van der Waals surface area contributed by atoms with E-state index in [1.807, 2.05) is 13.0 Å². The Labute approximate surface area is 165 Å². The minimum Gasteiger partial charge on any atom is -0.497 e. The molecule has 0 aliphatic heterocycles. The van der Waals surface area contributed by atoms with Crippen LogP contribution < -0.4 is 9.04 Å². The largest absolute Gasteiger partial charge is 0.497 e. The summed E-state index contributed by atoms with van der Waals surface area (Å²) in [5.74, 6) is 0.156. The van der Waals surface area contributed by atoms with E-state index < -0.39 is 21.9 Å². The lowest BCUT2D eigenvalue weighted by Gasteiger charge is -2.31. The van der Waals surface area contributed by atoms with Gasteiger partial charge in [0.05, 0.1) is 23.7 Å². The first-order valence-electron chi connectivity index (χ1n) is 8.84. The first-order chi connectivity index (χ1) is 13.3. The average molecular weight is 399 g/mol. The monoisotopic (exact) mass is 399 g/mol. The van der Waals surface area contributed by atoms with E-state index in [2.05, 4.69) is 0 Å². The highest BCUT2D eigenvalue weighted by Gasteiger charge is 2.31. The van der Waals surface area contributed by atoms with Gasteiger partial charge in [-0.2, -0.15) is 0 Å². The maximum absolute atomic E-state index is 14.4. The number of halogens is 1. The molecule has 0 amide bonds. The third kappa shape index (κ3) is 3.87. The van der Waals surface area contributed by atoms with Gasteiger partial charge in [-0.15, -0.1) is 0 Å². The average Bonchev–Trinajstić information content (AvgIpc) is 2.69. The zero-order chi connectivity index (χ0) is 20.3. The molecule has 3 aromatic rings. The van der Waals surface area contributed by atoms with Crippen LogP contribution in [-0.2, 0) is 10.0 Å². The lowest BCUT2D eigenvalue weighted by Crippen LogP contribution is -2.34. The highest BCUT2D eigenvalue weighted by atomic mass is 32.2. The number of methoxy groups -OCH3 is 1. The summed E-state index contributed by atoms with van der Waals surface area (Å²) in [4.78, 5) is 0.159. The first-order valence-corrected chi connectivity index (χ1v) is 10.3. The molecule has 28 heavy (non-hydrogen) atoms. The van der Waals surface area contributed by atoms with Gasteiger partial charge in [-0.25, -0.2) is 12.8 Å². The first kappa shape index (κ1) is 19.9. The van der Waals surface area contributed by atoms with E-state index in [1.165, 1.54) is 17.5 Å². The Morgan fingerprint density at radius 3 is 2.25 bits per heavy atom. The minimum atomic E-state index is -3.93. The van der Waals surface area contributed by atoms with Gasteiger partial charge in [0.1, 0.15) is 11.6 Å². The zero-order valence-electron chi connectivity index (χ0n) is 16.0. The molecule has 0 aliphatic rings. The van der Waals surface area contributed by atoms with Crippen molar-refractivity contribution in [1.82, 2.24) is 0 Å². The van der Waals surface area contributed by atoms with E-state index in [9.17, 15) is 12.8 Å². The summed E-state index contributed by atoms with van der Waals surface area (Å²) in [5.41, 5.74) is 1.56. The molecule has 146 valence electrons. The number of hydrogen-bond donors (Lipinski definition) is 0. The Morgan fingerprint density at radius 2 is 1.64 bits per heavy atom. The molecular weight excluding hydrogens is 377 g/mol. The fourth-order valence-corrected chi connectivity index (χ4v) is 4.87. The van der Waals surface area contributed by atoms with Crippen LogP contribution in [0.4, 0.5) is 10.1 Å². The molecule has 1 atom stereocenters. The van der Waals surface area contributed by atoms with Gasteiger partial charge in [-0.3, -0.25) is 4.31 Å². The number of ether oxygens (including phenoxy) is 1. The number of nitrogens with zero attached hydrogens (tertiary/aromatic N) is 1. The maximum atomic E-state index is 14.4. The van der Waals surface area contributed by atoms with E-state index in [0.717, 1.165) is 5.56 Å². The van der Waals surface area contributed by atoms with Gasteiger partial charge < -0.3 is 4.74 Å². The van der Waals surface area contributed by atoms with Crippen molar-refractivity contribution in [3.8, 4) is 5.75 Å². The molecule has 3 rings (SSSR count). The van der Waals surface area contributed by atoms with Crippen LogP contribution in [0.1, 0.15) is 24.1 Å². The van der Waals surface area contributed by atoms with Crippen molar-refractivity contribution in [2.45, 2.75) is 24.8 Å². The SMILES string of the molecule is COc1ccc(N(C(C)c2ccccc2F)S(=O)(=O)c2cccc(C)c2)cc1. The third-order valence-electron chi connectivity index (χ3n) is 4.58. The van der Waals surface area contributed by atoms with Crippen molar-refractivity contribution < 1.29 is 17.5 Å².